The molecule has 2 aromatic carbocycles. The van der Waals surface area contributed by atoms with Gasteiger partial charge < -0.3 is 19.1 Å². The Kier molecular flexibility index (Phi) is 10.4. The molecule has 0 spiro atoms. The second kappa shape index (κ2) is 14.5. The molecule has 0 unspecified atom stereocenters. The largest absolute Gasteiger partial charge is 0.508 e. The van der Waals surface area contributed by atoms with Crippen LogP contribution in [0.25, 0.3) is 22.0 Å². The normalized spacial score (nSPS) is 12.6. The number of hydrogen-bond acceptors (Lipinski definition) is 9. The second-order valence-electron chi connectivity index (χ2n) is 12.3. The third-order valence-corrected chi connectivity index (χ3v) is 11.7. The van der Waals surface area contributed by atoms with Gasteiger partial charge in [-0.1, -0.05) is 11.6 Å². The monoisotopic (exact) mass is 721 g/mol. The topological polar surface area (TPSA) is 113 Å². The molecule has 3 aromatic heterocycles. The summed E-state index contributed by atoms with van der Waals surface area (Å²) in [5.74, 6) is 1.56. The zero-order valence-corrected chi connectivity index (χ0v) is 30.9. The van der Waals surface area contributed by atoms with Crippen molar-refractivity contribution in [1.82, 2.24) is 24.1 Å². The van der Waals surface area contributed by atoms with E-state index in [0.29, 0.717) is 28.0 Å². The van der Waals surface area contributed by atoms with Crippen LogP contribution in [0.2, 0.25) is 5.02 Å². The van der Waals surface area contributed by atoms with Crippen molar-refractivity contribution in [1.29, 1.82) is 0 Å². The number of benzene rings is 2. The van der Waals surface area contributed by atoms with E-state index in [4.69, 9.17) is 31.3 Å². The average Bonchev–Trinajstić information content (AvgIpc) is 3.83. The first kappa shape index (κ1) is 35.0. The summed E-state index contributed by atoms with van der Waals surface area (Å²) in [5.41, 5.74) is 10.2. The number of hydrogen-bond donors (Lipinski definition) is 1. The number of carbonyl (C=O) groups excluding carboxylic acids is 2. The number of phenols is 1. The summed E-state index contributed by atoms with van der Waals surface area (Å²) in [5, 5.41) is 21.3. The molecule has 0 amide bonds. The summed E-state index contributed by atoms with van der Waals surface area (Å²) in [4.78, 5) is 26.3. The Morgan fingerprint density at radius 1 is 0.980 bits per heavy atom. The summed E-state index contributed by atoms with van der Waals surface area (Å²) in [7, 11) is 6.59. The van der Waals surface area contributed by atoms with Gasteiger partial charge in [0.25, 0.3) is 0 Å². The van der Waals surface area contributed by atoms with Gasteiger partial charge in [-0.25, -0.2) is 4.79 Å². The summed E-state index contributed by atoms with van der Waals surface area (Å²) in [6.45, 7) is 4.15. The van der Waals surface area contributed by atoms with Crippen LogP contribution in [-0.2, 0) is 65.0 Å². The number of fused-ring (bicyclic) bond motifs is 2. The van der Waals surface area contributed by atoms with Crippen LogP contribution >= 0.6 is 35.1 Å². The predicted molar refractivity (Wildman–Crippen MR) is 194 cm³/mol. The van der Waals surface area contributed by atoms with Crippen molar-refractivity contribution in [3.8, 4) is 16.9 Å². The minimum absolute atomic E-state index is 0.0984. The lowest BCUT2D eigenvalue weighted by Crippen LogP contribution is -2.14. The second-order valence-corrected chi connectivity index (χ2v) is 14.7. The van der Waals surface area contributed by atoms with Gasteiger partial charge >= 0.3 is 11.9 Å². The first-order chi connectivity index (χ1) is 23.5. The van der Waals surface area contributed by atoms with E-state index in [2.05, 4.69) is 6.07 Å². The maximum Gasteiger partial charge on any atom is 0.354 e. The van der Waals surface area contributed by atoms with Gasteiger partial charge in [-0.3, -0.25) is 14.2 Å². The number of ether oxygens (including phenoxy) is 2. The molecule has 1 aliphatic carbocycles. The molecule has 258 valence electrons. The standard InChI is InChI=1S/C36H40ClN5O5S2/c1-20-32-29(42(13-12-31(44)46-5)35(20)36(45)47-6)11-10-27(37)34(32)33-21(2)40(3)39-28(33)19-48-17-23-15-24(41(4)38-23)18-49-30-16-25(43)14-22-8-7-9-26(22)30/h10-11,14-16,43H,7-9,12-13,17-19H2,1-6H3. The van der Waals surface area contributed by atoms with Crippen LogP contribution in [0.1, 0.15) is 62.8 Å². The highest BCUT2D eigenvalue weighted by Gasteiger charge is 2.28. The first-order valence-corrected chi connectivity index (χ1v) is 18.6. The Balaban J connectivity index is 1.25. The van der Waals surface area contributed by atoms with Crippen molar-refractivity contribution in [2.45, 2.75) is 68.2 Å². The van der Waals surface area contributed by atoms with Gasteiger partial charge in [0.2, 0.25) is 0 Å². The molecule has 6 rings (SSSR count). The lowest BCUT2D eigenvalue weighted by Gasteiger charge is -2.11. The fraction of sp³-hybridized carbons (Fsp3) is 0.389. The number of methoxy groups -OCH3 is 2. The molecule has 0 atom stereocenters. The van der Waals surface area contributed by atoms with Crippen LogP contribution in [-0.4, -0.2) is 55.4 Å². The van der Waals surface area contributed by atoms with E-state index < -0.39 is 5.97 Å². The number of halogens is 1. The molecule has 10 nitrogen and oxygen atoms in total. The third-order valence-electron chi connectivity index (χ3n) is 9.28. The molecule has 1 aliphatic rings. The number of aromatic nitrogens is 5. The van der Waals surface area contributed by atoms with E-state index in [0.717, 1.165) is 80.3 Å². The number of aromatic hydroxyl groups is 1. The van der Waals surface area contributed by atoms with E-state index in [1.165, 1.54) is 25.3 Å². The molecule has 0 saturated heterocycles. The van der Waals surface area contributed by atoms with E-state index in [1.54, 1.807) is 23.5 Å². The molecule has 0 radical (unpaired) electrons. The maximum absolute atomic E-state index is 13.1. The third kappa shape index (κ3) is 6.82. The highest BCUT2D eigenvalue weighted by molar-refractivity contribution is 7.98. The van der Waals surface area contributed by atoms with Gasteiger partial charge in [0.15, 0.2) is 0 Å². The van der Waals surface area contributed by atoms with Gasteiger partial charge in [0.05, 0.1) is 32.0 Å². The molecule has 1 N–H and O–H groups in total. The molecule has 3 heterocycles. The number of thioether (sulfide) groups is 2. The lowest BCUT2D eigenvalue weighted by atomic mass is 9.97. The summed E-state index contributed by atoms with van der Waals surface area (Å²) >= 11 is 10.5. The smallest absolute Gasteiger partial charge is 0.354 e. The summed E-state index contributed by atoms with van der Waals surface area (Å²) in [6, 6.07) is 9.65. The average molecular weight is 722 g/mol. The van der Waals surface area contributed by atoms with Crippen LogP contribution in [0.15, 0.2) is 35.2 Å². The van der Waals surface area contributed by atoms with Gasteiger partial charge in [-0.2, -0.15) is 10.2 Å². The van der Waals surface area contributed by atoms with Gasteiger partial charge in [-0.15, -0.1) is 23.5 Å². The Labute approximate surface area is 299 Å². The number of rotatable bonds is 12. The van der Waals surface area contributed by atoms with E-state index in [1.807, 2.05) is 66.1 Å². The minimum Gasteiger partial charge on any atom is -0.508 e. The Morgan fingerprint density at radius 2 is 1.78 bits per heavy atom. The van der Waals surface area contributed by atoms with Gasteiger partial charge in [0.1, 0.15) is 11.4 Å². The summed E-state index contributed by atoms with van der Waals surface area (Å²) < 4.78 is 15.7. The van der Waals surface area contributed by atoms with Crippen LogP contribution in [0, 0.1) is 13.8 Å². The van der Waals surface area contributed by atoms with Crippen molar-refractivity contribution in [3.63, 3.8) is 0 Å². The van der Waals surface area contributed by atoms with Crippen molar-refractivity contribution in [2.75, 3.05) is 14.2 Å². The highest BCUT2D eigenvalue weighted by Crippen LogP contribution is 2.43. The first-order valence-electron chi connectivity index (χ1n) is 16.1. The van der Waals surface area contributed by atoms with Gasteiger partial charge in [0, 0.05) is 81.2 Å². The van der Waals surface area contributed by atoms with Crippen LogP contribution in [0.5, 0.6) is 5.75 Å². The molecule has 0 bridgehead atoms. The van der Waals surface area contributed by atoms with E-state index in [-0.39, 0.29) is 18.9 Å². The Hall–Kier alpha value is -3.87. The molecule has 13 heteroatoms. The number of carbonyl (C=O) groups is 2. The Bertz CT molecular complexity index is 2080. The lowest BCUT2D eigenvalue weighted by molar-refractivity contribution is -0.140. The minimum atomic E-state index is -0.488. The van der Waals surface area contributed by atoms with Gasteiger partial charge in [-0.05, 0) is 80.1 Å². The fourth-order valence-electron chi connectivity index (χ4n) is 6.82. The zero-order valence-electron chi connectivity index (χ0n) is 28.6. The molecule has 49 heavy (non-hydrogen) atoms. The van der Waals surface area contributed by atoms with Crippen molar-refractivity contribution in [3.05, 3.63) is 80.5 Å². The summed E-state index contributed by atoms with van der Waals surface area (Å²) in [6.07, 6.45) is 3.33. The molecular weight excluding hydrogens is 682 g/mol. The van der Waals surface area contributed by atoms with Crippen LogP contribution in [0.4, 0.5) is 0 Å². The SMILES string of the molecule is COC(=O)CCn1c(C(=O)OC)c(C)c2c(-c3c(CSCc4cc(CSc5cc(O)cc6c5CCC6)n(C)n4)nn(C)c3C)c(Cl)ccc21. The van der Waals surface area contributed by atoms with E-state index in [9.17, 15) is 14.7 Å². The number of nitrogens with zero attached hydrogens (tertiary/aromatic N) is 5. The van der Waals surface area contributed by atoms with Crippen molar-refractivity contribution < 1.29 is 24.2 Å². The molecule has 5 aromatic rings. The number of esters is 2. The molecule has 0 saturated carbocycles. The Morgan fingerprint density at radius 3 is 2.53 bits per heavy atom. The number of phenolic OH excluding ortho intramolecular Hbond substituents is 1. The van der Waals surface area contributed by atoms with Crippen LogP contribution in [0.3, 0.4) is 0 Å². The van der Waals surface area contributed by atoms with Crippen molar-refractivity contribution in [2.24, 2.45) is 14.1 Å². The maximum atomic E-state index is 13.1. The molecule has 0 aliphatic heterocycles. The van der Waals surface area contributed by atoms with E-state index >= 15 is 0 Å². The highest BCUT2D eigenvalue weighted by atomic mass is 35.5. The number of aryl methyl sites for hydroxylation is 5. The zero-order chi connectivity index (χ0) is 35.0. The molecular formula is C36H40ClN5O5S2. The predicted octanol–water partition coefficient (Wildman–Crippen LogP) is 7.32. The fourth-order valence-corrected chi connectivity index (χ4v) is 9.10. The van der Waals surface area contributed by atoms with Crippen LogP contribution < -0.4 is 0 Å². The molecule has 0 fully saturated rings. The quantitative estimate of drug-likeness (QED) is 0.105. The van der Waals surface area contributed by atoms with Crippen molar-refractivity contribution >= 4 is 58.0 Å².